The van der Waals surface area contributed by atoms with Gasteiger partial charge in [-0.2, -0.15) is 0 Å². The number of hydrogen-bond acceptors (Lipinski definition) is 2. The lowest BCUT2D eigenvalue weighted by molar-refractivity contribution is 0.366. The first-order chi connectivity index (χ1) is 7.39. The molecular formula is C13H32N2Si. The fraction of sp³-hybridized carbons (Fsp3) is 1.00. The second-order valence-corrected chi connectivity index (χ2v) is 10.5. The molecule has 2 unspecified atom stereocenters. The van der Waals surface area contributed by atoms with E-state index in [4.69, 9.17) is 0 Å². The third-order valence-corrected chi connectivity index (χ3v) is 10.8. The van der Waals surface area contributed by atoms with E-state index in [1.165, 1.54) is 19.5 Å². The zero-order chi connectivity index (χ0) is 12.9. The van der Waals surface area contributed by atoms with Gasteiger partial charge in [0.15, 0.2) is 0 Å². The summed E-state index contributed by atoms with van der Waals surface area (Å²) in [5.74, 6) is 0. The predicted octanol–water partition coefficient (Wildman–Crippen LogP) is 3.54. The highest BCUT2D eigenvalue weighted by Gasteiger charge is 2.48. The summed E-state index contributed by atoms with van der Waals surface area (Å²) in [6, 6.07) is 0. The first-order valence-electron chi connectivity index (χ1n) is 6.81. The predicted molar refractivity (Wildman–Crippen MR) is 77.2 cm³/mol. The van der Waals surface area contributed by atoms with E-state index in [2.05, 4.69) is 64.8 Å². The molecule has 0 fully saturated rings. The molecular weight excluding hydrogens is 212 g/mol. The molecule has 0 spiro atoms. The van der Waals surface area contributed by atoms with E-state index in [9.17, 15) is 0 Å². The van der Waals surface area contributed by atoms with E-state index in [1.54, 1.807) is 0 Å². The van der Waals surface area contributed by atoms with Gasteiger partial charge in [0.05, 0.1) is 0 Å². The molecule has 98 valence electrons. The van der Waals surface area contributed by atoms with Crippen molar-refractivity contribution in [3.8, 4) is 0 Å². The Balaban J connectivity index is 5.41. The van der Waals surface area contributed by atoms with E-state index >= 15 is 0 Å². The summed E-state index contributed by atoms with van der Waals surface area (Å²) >= 11 is 0. The summed E-state index contributed by atoms with van der Waals surface area (Å²) in [5, 5.41) is 0. The maximum absolute atomic E-state index is 2.76. The van der Waals surface area contributed by atoms with Crippen LogP contribution in [0.1, 0.15) is 48.0 Å². The topological polar surface area (TPSA) is 6.48 Å². The van der Waals surface area contributed by atoms with Crippen LogP contribution in [0, 0.1) is 0 Å². The molecule has 0 aliphatic carbocycles. The van der Waals surface area contributed by atoms with Gasteiger partial charge in [0.1, 0.15) is 0 Å². The van der Waals surface area contributed by atoms with Gasteiger partial charge in [0.2, 0.25) is 8.40 Å². The Morgan fingerprint density at radius 3 is 1.56 bits per heavy atom. The second kappa shape index (κ2) is 6.77. The Kier molecular flexibility index (Phi) is 6.83. The highest BCUT2D eigenvalue weighted by Crippen LogP contribution is 2.38. The third-order valence-electron chi connectivity index (χ3n) is 4.17. The monoisotopic (exact) mass is 244 g/mol. The van der Waals surface area contributed by atoms with Crippen molar-refractivity contribution in [3.63, 3.8) is 0 Å². The van der Waals surface area contributed by atoms with E-state index in [0.29, 0.717) is 0 Å². The van der Waals surface area contributed by atoms with Crippen molar-refractivity contribution in [2.75, 3.05) is 27.2 Å². The molecule has 0 radical (unpaired) electrons. The molecule has 0 aromatic carbocycles. The van der Waals surface area contributed by atoms with Gasteiger partial charge in [-0.25, -0.2) is 0 Å². The molecule has 0 aromatic heterocycles. The van der Waals surface area contributed by atoms with Crippen LogP contribution in [-0.4, -0.2) is 44.7 Å². The van der Waals surface area contributed by atoms with Gasteiger partial charge in [-0.05, 0) is 38.3 Å². The lowest BCUT2D eigenvalue weighted by Crippen LogP contribution is -2.67. The molecule has 2 nitrogen and oxygen atoms in total. The molecule has 0 aliphatic heterocycles. The van der Waals surface area contributed by atoms with Crippen LogP contribution < -0.4 is 0 Å². The Bertz CT molecular complexity index is 180. The average Bonchev–Trinajstić information content (AvgIpc) is 2.23. The summed E-state index contributed by atoms with van der Waals surface area (Å²) in [4.78, 5) is 0. The van der Waals surface area contributed by atoms with Gasteiger partial charge in [-0.1, -0.05) is 48.0 Å². The van der Waals surface area contributed by atoms with Crippen LogP contribution in [0.4, 0.5) is 0 Å². The maximum Gasteiger partial charge on any atom is 0.211 e. The van der Waals surface area contributed by atoms with Crippen LogP contribution in [0.5, 0.6) is 0 Å². The molecule has 2 atom stereocenters. The zero-order valence-corrected chi connectivity index (χ0v) is 13.7. The van der Waals surface area contributed by atoms with Gasteiger partial charge in [-0.3, -0.25) is 0 Å². The Morgan fingerprint density at radius 1 is 0.938 bits per heavy atom. The molecule has 0 saturated carbocycles. The SMILES string of the molecule is CCC(C)[Si](C(C)C)(N(C)C)N(CC)CC. The Hall–Kier alpha value is 0.137. The maximum atomic E-state index is 2.76. The van der Waals surface area contributed by atoms with Crippen LogP contribution in [0.3, 0.4) is 0 Å². The molecule has 0 N–H and O–H groups in total. The van der Waals surface area contributed by atoms with Crippen molar-refractivity contribution < 1.29 is 0 Å². The van der Waals surface area contributed by atoms with Crippen molar-refractivity contribution in [1.29, 1.82) is 0 Å². The summed E-state index contributed by atoms with van der Waals surface area (Å²) < 4.78 is 5.32. The van der Waals surface area contributed by atoms with E-state index in [0.717, 1.165) is 11.1 Å². The van der Waals surface area contributed by atoms with E-state index in [1.807, 2.05) is 0 Å². The fourth-order valence-corrected chi connectivity index (χ4v) is 10.1. The molecule has 0 bridgehead atoms. The van der Waals surface area contributed by atoms with Crippen LogP contribution in [0.25, 0.3) is 0 Å². The second-order valence-electron chi connectivity index (χ2n) is 5.31. The lowest BCUT2D eigenvalue weighted by atomic mass is 10.4. The fourth-order valence-electron chi connectivity index (χ4n) is 3.52. The molecule has 0 aliphatic rings. The first-order valence-corrected chi connectivity index (χ1v) is 8.86. The molecule has 16 heavy (non-hydrogen) atoms. The first kappa shape index (κ1) is 16.1. The van der Waals surface area contributed by atoms with Crippen LogP contribution in [0.15, 0.2) is 0 Å². The lowest BCUT2D eigenvalue weighted by Gasteiger charge is -2.52. The molecule has 3 heteroatoms. The minimum absolute atomic E-state index is 0.775. The number of hydrogen-bond donors (Lipinski definition) is 0. The van der Waals surface area contributed by atoms with Crippen LogP contribution in [0.2, 0.25) is 11.1 Å². The van der Waals surface area contributed by atoms with Gasteiger partial charge in [-0.15, -0.1) is 0 Å². The smallest absolute Gasteiger partial charge is 0.211 e. The van der Waals surface area contributed by atoms with Gasteiger partial charge >= 0.3 is 0 Å². The molecule has 0 amide bonds. The van der Waals surface area contributed by atoms with Crippen molar-refractivity contribution in [1.82, 2.24) is 9.13 Å². The minimum atomic E-state index is -1.52. The molecule has 0 aromatic rings. The summed E-state index contributed by atoms with van der Waals surface area (Å²) in [6.07, 6.45) is 1.29. The summed E-state index contributed by atoms with van der Waals surface area (Å²) in [7, 11) is 3.06. The van der Waals surface area contributed by atoms with Gasteiger partial charge in [0.25, 0.3) is 0 Å². The van der Waals surface area contributed by atoms with Crippen molar-refractivity contribution in [3.05, 3.63) is 0 Å². The Morgan fingerprint density at radius 2 is 1.38 bits per heavy atom. The van der Waals surface area contributed by atoms with Crippen molar-refractivity contribution in [2.24, 2.45) is 0 Å². The molecule has 0 heterocycles. The minimum Gasteiger partial charge on any atom is -0.317 e. The van der Waals surface area contributed by atoms with Gasteiger partial charge in [0, 0.05) is 0 Å². The normalized spacial score (nSPS) is 18.2. The highest BCUT2D eigenvalue weighted by atomic mass is 28.4. The van der Waals surface area contributed by atoms with Crippen molar-refractivity contribution in [2.45, 2.75) is 59.0 Å². The summed E-state index contributed by atoms with van der Waals surface area (Å²) in [5.41, 5.74) is 1.60. The number of nitrogens with zero attached hydrogens (tertiary/aromatic N) is 2. The van der Waals surface area contributed by atoms with Crippen LogP contribution in [-0.2, 0) is 0 Å². The van der Waals surface area contributed by atoms with Crippen LogP contribution >= 0.6 is 0 Å². The summed E-state index contributed by atoms with van der Waals surface area (Å²) in [6.45, 7) is 16.6. The van der Waals surface area contributed by atoms with Crippen molar-refractivity contribution >= 4 is 8.40 Å². The largest absolute Gasteiger partial charge is 0.317 e. The van der Waals surface area contributed by atoms with E-state index < -0.39 is 8.40 Å². The Labute approximate surface area is 104 Å². The molecule has 0 saturated heterocycles. The van der Waals surface area contributed by atoms with E-state index in [-0.39, 0.29) is 0 Å². The zero-order valence-electron chi connectivity index (χ0n) is 12.7. The third kappa shape index (κ3) is 2.69. The number of rotatable bonds is 7. The standard InChI is InChI=1S/C13H32N2Si/c1-9-13(6)16(12(4)5,14(7)8)15(10-2)11-3/h12-13H,9-11H2,1-8H3. The highest BCUT2D eigenvalue weighted by molar-refractivity contribution is 6.77. The average molecular weight is 244 g/mol. The van der Waals surface area contributed by atoms with Gasteiger partial charge < -0.3 is 9.13 Å². The molecule has 0 rings (SSSR count). The quantitative estimate of drug-likeness (QED) is 0.632.